The first-order valence-electron chi connectivity index (χ1n) is 13.9. The highest BCUT2D eigenvalue weighted by atomic mass is 14.5. The molecule has 188 valence electrons. The molecule has 0 heteroatoms. The van der Waals surface area contributed by atoms with Crippen LogP contribution in [0.5, 0.6) is 0 Å². The zero-order chi connectivity index (χ0) is 26.2. The first-order valence-corrected chi connectivity index (χ1v) is 13.9. The van der Waals surface area contributed by atoms with E-state index in [4.69, 9.17) is 0 Å². The Morgan fingerprint density at radius 1 is 0.784 bits per heavy atom. The summed E-state index contributed by atoms with van der Waals surface area (Å²) in [5.41, 5.74) is 12.2. The van der Waals surface area contributed by atoms with Crippen LogP contribution in [-0.4, -0.2) is 0 Å². The molecule has 2 atom stereocenters. The number of hydrogen-bond donors (Lipinski definition) is 0. The van der Waals surface area contributed by atoms with E-state index in [1.54, 1.807) is 0 Å². The Balaban J connectivity index is 1.70. The van der Waals surface area contributed by atoms with Crippen molar-refractivity contribution in [3.05, 3.63) is 131 Å². The molecule has 0 bridgehead atoms. The van der Waals surface area contributed by atoms with Crippen LogP contribution in [0.2, 0.25) is 0 Å². The zero-order valence-corrected chi connectivity index (χ0v) is 23.1. The number of rotatable bonds is 7. The van der Waals surface area contributed by atoms with Crippen LogP contribution in [0.3, 0.4) is 0 Å². The van der Waals surface area contributed by atoms with Crippen molar-refractivity contribution in [2.75, 3.05) is 0 Å². The summed E-state index contributed by atoms with van der Waals surface area (Å²) in [7, 11) is 0. The molecule has 2 unspecified atom stereocenters. The summed E-state index contributed by atoms with van der Waals surface area (Å²) in [6.07, 6.45) is 5.20. The third-order valence-electron chi connectivity index (χ3n) is 8.55. The highest BCUT2D eigenvalue weighted by molar-refractivity contribution is 5.86. The van der Waals surface area contributed by atoms with Gasteiger partial charge in [0.2, 0.25) is 0 Å². The summed E-state index contributed by atoms with van der Waals surface area (Å²) in [5, 5.41) is 0. The van der Waals surface area contributed by atoms with Crippen molar-refractivity contribution in [3.8, 4) is 22.3 Å². The van der Waals surface area contributed by atoms with Gasteiger partial charge in [0.25, 0.3) is 0 Å². The number of fused-ring (bicyclic) bond motifs is 3. The quantitative estimate of drug-likeness (QED) is 0.229. The number of benzene rings is 4. The van der Waals surface area contributed by atoms with Gasteiger partial charge in [-0.25, -0.2) is 0 Å². The zero-order valence-electron chi connectivity index (χ0n) is 23.1. The molecule has 0 heterocycles. The van der Waals surface area contributed by atoms with Crippen LogP contribution < -0.4 is 0 Å². The van der Waals surface area contributed by atoms with Gasteiger partial charge in [0, 0.05) is 5.41 Å². The van der Waals surface area contributed by atoms with E-state index >= 15 is 0 Å². The molecule has 1 aliphatic carbocycles. The molecule has 0 radical (unpaired) electrons. The van der Waals surface area contributed by atoms with Crippen LogP contribution in [-0.2, 0) is 10.8 Å². The predicted octanol–water partition coefficient (Wildman–Crippen LogP) is 10.4. The van der Waals surface area contributed by atoms with Crippen LogP contribution >= 0.6 is 0 Å². The lowest BCUT2D eigenvalue weighted by molar-refractivity contribution is 0.572. The van der Waals surface area contributed by atoms with Crippen molar-refractivity contribution in [1.82, 2.24) is 0 Å². The van der Waals surface area contributed by atoms with Crippen LogP contribution in [0.1, 0.15) is 87.6 Å². The molecule has 0 nitrogen and oxygen atoms in total. The van der Waals surface area contributed by atoms with E-state index < -0.39 is 0 Å². The lowest BCUT2D eigenvalue weighted by Gasteiger charge is -2.34. The van der Waals surface area contributed by atoms with Crippen molar-refractivity contribution < 1.29 is 0 Å². The van der Waals surface area contributed by atoms with Crippen LogP contribution in [0.15, 0.2) is 104 Å². The van der Waals surface area contributed by atoms with Gasteiger partial charge in [-0.15, -0.1) is 6.58 Å². The monoisotopic (exact) mass is 484 g/mol. The fraction of sp³-hybridized carbons (Fsp3) is 0.297. The molecular formula is C37H40. The Kier molecular flexibility index (Phi) is 6.71. The second-order valence-electron chi connectivity index (χ2n) is 11.8. The minimum absolute atomic E-state index is 0.132. The van der Waals surface area contributed by atoms with Gasteiger partial charge in [-0.2, -0.15) is 0 Å². The van der Waals surface area contributed by atoms with Crippen LogP contribution in [0, 0.1) is 0 Å². The fourth-order valence-electron chi connectivity index (χ4n) is 6.08. The van der Waals surface area contributed by atoms with Crippen LogP contribution in [0.4, 0.5) is 0 Å². The third kappa shape index (κ3) is 4.37. The minimum Gasteiger partial charge on any atom is -0.103 e. The maximum atomic E-state index is 4.10. The van der Waals surface area contributed by atoms with Crippen molar-refractivity contribution >= 4 is 0 Å². The highest BCUT2D eigenvalue weighted by Gasteiger charge is 2.44. The van der Waals surface area contributed by atoms with Gasteiger partial charge in [-0.3, -0.25) is 0 Å². The van der Waals surface area contributed by atoms with E-state index in [1.807, 2.05) is 0 Å². The largest absolute Gasteiger partial charge is 0.103 e. The molecule has 0 N–H and O–H groups in total. The molecule has 5 rings (SSSR count). The molecule has 1 aliphatic rings. The Hall–Kier alpha value is -3.38. The van der Waals surface area contributed by atoms with Crippen molar-refractivity contribution in [2.24, 2.45) is 0 Å². The molecule has 0 fully saturated rings. The molecular weight excluding hydrogens is 444 g/mol. The Labute approximate surface area is 224 Å². The van der Waals surface area contributed by atoms with E-state index in [0.29, 0.717) is 5.92 Å². The average Bonchev–Trinajstić information content (AvgIpc) is 3.21. The predicted molar refractivity (Wildman–Crippen MR) is 160 cm³/mol. The van der Waals surface area contributed by atoms with E-state index in [-0.39, 0.29) is 10.8 Å². The van der Waals surface area contributed by atoms with E-state index in [2.05, 4.69) is 138 Å². The maximum Gasteiger partial charge on any atom is 0.0466 e. The summed E-state index contributed by atoms with van der Waals surface area (Å²) in [6, 6.07) is 34.8. The standard InChI is InChI=1S/C37H40/c1-7-9-24-37(31-21-19-30(20-22-31)36(4,5)6)34-13-11-10-12-32(34)33-23-18-29(25-35(33)37)28-16-14-27(15-17-28)26(3)8-2/h7,10-23,25-26H,1,8-9,24H2,2-6H3. The summed E-state index contributed by atoms with van der Waals surface area (Å²) in [6.45, 7) is 15.5. The average molecular weight is 485 g/mol. The lowest BCUT2D eigenvalue weighted by atomic mass is 9.68. The topological polar surface area (TPSA) is 0 Å². The first kappa shape index (κ1) is 25.3. The maximum absolute atomic E-state index is 4.10. The van der Waals surface area contributed by atoms with E-state index in [9.17, 15) is 0 Å². The van der Waals surface area contributed by atoms with Gasteiger partial charge < -0.3 is 0 Å². The Morgan fingerprint density at radius 3 is 2.08 bits per heavy atom. The Morgan fingerprint density at radius 2 is 1.43 bits per heavy atom. The summed E-state index contributed by atoms with van der Waals surface area (Å²) in [4.78, 5) is 0. The van der Waals surface area contributed by atoms with Gasteiger partial charge in [-0.1, -0.05) is 126 Å². The molecule has 0 spiro atoms. The number of allylic oxidation sites excluding steroid dienone is 1. The molecule has 0 saturated carbocycles. The number of hydrogen-bond acceptors (Lipinski definition) is 0. The molecule has 0 aliphatic heterocycles. The highest BCUT2D eigenvalue weighted by Crippen LogP contribution is 2.55. The summed E-state index contributed by atoms with van der Waals surface area (Å²) >= 11 is 0. The van der Waals surface area contributed by atoms with Gasteiger partial charge in [-0.05, 0) is 86.7 Å². The molecule has 4 aromatic rings. The third-order valence-corrected chi connectivity index (χ3v) is 8.55. The molecule has 0 aromatic heterocycles. The molecule has 0 amide bonds. The summed E-state index contributed by atoms with van der Waals surface area (Å²) < 4.78 is 0. The van der Waals surface area contributed by atoms with Gasteiger partial charge in [0.1, 0.15) is 0 Å². The second-order valence-corrected chi connectivity index (χ2v) is 11.8. The van der Waals surface area contributed by atoms with Gasteiger partial charge in [0.15, 0.2) is 0 Å². The van der Waals surface area contributed by atoms with Gasteiger partial charge >= 0.3 is 0 Å². The lowest BCUT2D eigenvalue weighted by Crippen LogP contribution is -2.27. The smallest absolute Gasteiger partial charge is 0.0466 e. The fourth-order valence-corrected chi connectivity index (χ4v) is 6.08. The van der Waals surface area contributed by atoms with Crippen molar-refractivity contribution in [1.29, 1.82) is 0 Å². The van der Waals surface area contributed by atoms with Crippen molar-refractivity contribution in [3.63, 3.8) is 0 Å². The molecule has 4 aromatic carbocycles. The van der Waals surface area contributed by atoms with Crippen LogP contribution in [0.25, 0.3) is 22.3 Å². The summed E-state index contributed by atoms with van der Waals surface area (Å²) in [5.74, 6) is 0.589. The second kappa shape index (κ2) is 9.82. The molecule has 37 heavy (non-hydrogen) atoms. The molecule has 0 saturated heterocycles. The van der Waals surface area contributed by atoms with Gasteiger partial charge in [0.05, 0.1) is 0 Å². The SMILES string of the molecule is C=CCCC1(c2ccc(C(C)(C)C)cc2)c2ccccc2-c2ccc(-c3ccc(C(C)CC)cc3)cc21. The normalized spacial score (nSPS) is 17.2. The van der Waals surface area contributed by atoms with Crippen molar-refractivity contribution in [2.45, 2.75) is 70.6 Å². The first-order chi connectivity index (χ1) is 17.8. The van der Waals surface area contributed by atoms with E-state index in [1.165, 1.54) is 50.1 Å². The minimum atomic E-state index is -0.191. The van der Waals surface area contributed by atoms with E-state index in [0.717, 1.165) is 19.3 Å². The Bertz CT molecular complexity index is 1400.